The second-order valence-electron chi connectivity index (χ2n) is 11.6. The molecule has 0 aromatic carbocycles. The highest BCUT2D eigenvalue weighted by molar-refractivity contribution is 5.82. The van der Waals surface area contributed by atoms with E-state index in [1.54, 1.807) is 0 Å². The fourth-order valence-corrected chi connectivity index (χ4v) is 7.25. The molecular formula is C26H46N6O3+2. The Balaban J connectivity index is 1.08. The Morgan fingerprint density at radius 3 is 2.54 bits per heavy atom. The predicted octanol–water partition coefficient (Wildman–Crippen LogP) is -1.80. The van der Waals surface area contributed by atoms with E-state index in [1.807, 2.05) is 4.90 Å². The van der Waals surface area contributed by atoms with Crippen LogP contribution in [-0.4, -0.2) is 97.6 Å². The third-order valence-electron chi connectivity index (χ3n) is 9.37. The van der Waals surface area contributed by atoms with Crippen LogP contribution in [0.1, 0.15) is 70.6 Å². The highest BCUT2D eigenvalue weighted by atomic mass is 16.2. The first-order valence-electron chi connectivity index (χ1n) is 14.4. The van der Waals surface area contributed by atoms with E-state index in [0.29, 0.717) is 25.6 Å². The van der Waals surface area contributed by atoms with Crippen LogP contribution in [0.3, 0.4) is 0 Å². The largest absolute Gasteiger partial charge is 0.347 e. The molecule has 4 heterocycles. The summed E-state index contributed by atoms with van der Waals surface area (Å²) in [6.45, 7) is 6.28. The smallest absolute Gasteiger partial charge is 0.278 e. The average Bonchev–Trinajstić information content (AvgIpc) is 3.34. The first-order chi connectivity index (χ1) is 17.1. The summed E-state index contributed by atoms with van der Waals surface area (Å²) in [6, 6.07) is 0.211. The van der Waals surface area contributed by atoms with Crippen molar-refractivity contribution < 1.29 is 24.6 Å². The topological polar surface area (TPSA) is 103 Å². The maximum Gasteiger partial charge on any atom is 0.278 e. The van der Waals surface area contributed by atoms with E-state index in [9.17, 15) is 14.4 Å². The van der Waals surface area contributed by atoms with Crippen LogP contribution in [0, 0.1) is 5.92 Å². The highest BCUT2D eigenvalue weighted by Gasteiger charge is 2.48. The van der Waals surface area contributed by atoms with Crippen LogP contribution < -0.4 is 20.9 Å². The fourth-order valence-electron chi connectivity index (χ4n) is 7.25. The summed E-state index contributed by atoms with van der Waals surface area (Å²) in [5.74, 6) is 0.695. The van der Waals surface area contributed by atoms with Crippen molar-refractivity contribution >= 4 is 17.7 Å². The van der Waals surface area contributed by atoms with Crippen LogP contribution in [0.4, 0.5) is 0 Å². The Hall–Kier alpha value is -1.71. The van der Waals surface area contributed by atoms with E-state index in [0.717, 1.165) is 64.8 Å². The van der Waals surface area contributed by atoms with Crippen LogP contribution in [-0.2, 0) is 14.4 Å². The Morgan fingerprint density at radius 1 is 1.03 bits per heavy atom. The van der Waals surface area contributed by atoms with Gasteiger partial charge in [-0.05, 0) is 25.7 Å². The number of carbonyl (C=O) groups is 3. The van der Waals surface area contributed by atoms with Gasteiger partial charge in [0.05, 0.1) is 25.7 Å². The summed E-state index contributed by atoms with van der Waals surface area (Å²) in [6.07, 6.45) is 12.1. The summed E-state index contributed by atoms with van der Waals surface area (Å²) in [5.41, 5.74) is 0. The Kier molecular flexibility index (Phi) is 8.25. The number of hydrogen-bond donors (Lipinski definition) is 4. The number of quaternary nitrogens is 2. The number of piperidine rings is 1. The molecule has 0 spiro atoms. The summed E-state index contributed by atoms with van der Waals surface area (Å²) < 4.78 is 0. The first kappa shape index (κ1) is 25.0. The lowest BCUT2D eigenvalue weighted by Crippen LogP contribution is -3.21. The van der Waals surface area contributed by atoms with Crippen LogP contribution in [0.15, 0.2) is 0 Å². The van der Waals surface area contributed by atoms with Crippen LogP contribution in [0.2, 0.25) is 0 Å². The lowest BCUT2D eigenvalue weighted by atomic mass is 9.88. The molecule has 0 radical (unpaired) electrons. The minimum atomic E-state index is -0.101. The highest BCUT2D eigenvalue weighted by Crippen LogP contribution is 2.24. The molecule has 5 atom stereocenters. The van der Waals surface area contributed by atoms with Gasteiger partial charge < -0.3 is 25.8 Å². The lowest BCUT2D eigenvalue weighted by Gasteiger charge is -2.39. The molecule has 196 valence electrons. The molecule has 5 aliphatic rings. The zero-order valence-electron chi connectivity index (χ0n) is 21.3. The second kappa shape index (κ2) is 11.6. The number of fused-ring (bicyclic) bond motifs is 1. The Morgan fingerprint density at radius 2 is 1.80 bits per heavy atom. The van der Waals surface area contributed by atoms with Gasteiger partial charge in [-0.2, -0.15) is 0 Å². The van der Waals surface area contributed by atoms with Gasteiger partial charge in [0, 0.05) is 57.8 Å². The van der Waals surface area contributed by atoms with Crippen molar-refractivity contribution in [1.29, 1.82) is 0 Å². The van der Waals surface area contributed by atoms with Gasteiger partial charge >= 0.3 is 0 Å². The van der Waals surface area contributed by atoms with Crippen molar-refractivity contribution in [3.8, 4) is 0 Å². The van der Waals surface area contributed by atoms with Crippen molar-refractivity contribution in [2.45, 2.75) is 94.9 Å². The maximum atomic E-state index is 13.0. The summed E-state index contributed by atoms with van der Waals surface area (Å²) in [4.78, 5) is 44.2. The molecule has 35 heavy (non-hydrogen) atoms. The van der Waals surface area contributed by atoms with Gasteiger partial charge in [-0.1, -0.05) is 19.3 Å². The number of nitrogens with zero attached hydrogens (tertiary/aromatic N) is 2. The number of piperazine rings is 2. The number of nitrogens with one attached hydrogen (secondary N) is 3. The number of nitrogens with two attached hydrogens (primary N) is 1. The normalized spacial score (nSPS) is 34.8. The predicted molar refractivity (Wildman–Crippen MR) is 131 cm³/mol. The molecule has 4 saturated heterocycles. The monoisotopic (exact) mass is 490 g/mol. The third kappa shape index (κ3) is 6.00. The van der Waals surface area contributed by atoms with Gasteiger partial charge in [-0.15, -0.1) is 0 Å². The molecule has 2 unspecified atom stereocenters. The number of amides is 3. The quantitative estimate of drug-likeness (QED) is 0.353. The Labute approximate surface area is 209 Å². The zero-order chi connectivity index (χ0) is 24.2. The third-order valence-corrected chi connectivity index (χ3v) is 9.37. The first-order valence-corrected chi connectivity index (χ1v) is 14.4. The number of rotatable bonds is 6. The molecule has 5 N–H and O–H groups in total. The van der Waals surface area contributed by atoms with E-state index in [4.69, 9.17) is 0 Å². The molecule has 3 amide bonds. The Bertz CT molecular complexity index is 758. The molecule has 1 aliphatic carbocycles. The summed E-state index contributed by atoms with van der Waals surface area (Å²) in [5, 5.41) is 8.82. The molecule has 4 aliphatic heterocycles. The summed E-state index contributed by atoms with van der Waals surface area (Å²) in [7, 11) is 0. The SMILES string of the molecule is O=C(N[C@@H]1C[C@H]2C(=O)NC[C@@H](CCC(=O)N3CCN(C4CCCC[NH2+]4)CC3)[NH+]2C1)C1CCCCC1. The standard InChI is InChI=1S/C26H44N6O3/c33-24(31-14-12-30(13-15-31)23-8-4-5-11-27-23)10-9-21-17-28-26(35)22-16-20(18-32(21)22)29-25(34)19-6-2-1-3-7-19/h19-23,27H,1-18H2,(H,28,35)(H,29,34)/p+2/t20-,21-,22+,23?/m1/s1. The van der Waals surface area contributed by atoms with Crippen molar-refractivity contribution in [2.24, 2.45) is 5.92 Å². The molecule has 1 saturated carbocycles. The van der Waals surface area contributed by atoms with Gasteiger partial charge in [0.2, 0.25) is 11.8 Å². The van der Waals surface area contributed by atoms with Gasteiger partial charge in [0.15, 0.2) is 6.04 Å². The van der Waals surface area contributed by atoms with Crippen LogP contribution in [0.5, 0.6) is 0 Å². The number of hydrogen-bond acceptors (Lipinski definition) is 4. The molecule has 0 bridgehead atoms. The average molecular weight is 491 g/mol. The molecule has 9 heteroatoms. The van der Waals surface area contributed by atoms with Gasteiger partial charge in [0.1, 0.15) is 12.2 Å². The second-order valence-corrected chi connectivity index (χ2v) is 11.6. The molecule has 9 nitrogen and oxygen atoms in total. The van der Waals surface area contributed by atoms with Crippen LogP contribution >= 0.6 is 0 Å². The number of carbonyl (C=O) groups excluding carboxylic acids is 3. The molecule has 0 aromatic rings. The molecule has 0 aromatic heterocycles. The van der Waals surface area contributed by atoms with Crippen molar-refractivity contribution in [3.63, 3.8) is 0 Å². The van der Waals surface area contributed by atoms with E-state index >= 15 is 0 Å². The minimum absolute atomic E-state index is 0.0659. The minimum Gasteiger partial charge on any atom is -0.347 e. The van der Waals surface area contributed by atoms with E-state index in [2.05, 4.69) is 20.9 Å². The maximum absolute atomic E-state index is 13.0. The van der Waals surface area contributed by atoms with Gasteiger partial charge in [-0.25, -0.2) is 0 Å². The van der Waals surface area contributed by atoms with Crippen molar-refractivity contribution in [2.75, 3.05) is 45.8 Å². The van der Waals surface area contributed by atoms with Crippen molar-refractivity contribution in [1.82, 2.24) is 20.4 Å². The van der Waals surface area contributed by atoms with Gasteiger partial charge in [-0.3, -0.25) is 19.3 Å². The zero-order valence-corrected chi connectivity index (χ0v) is 21.3. The van der Waals surface area contributed by atoms with Crippen molar-refractivity contribution in [3.05, 3.63) is 0 Å². The van der Waals surface area contributed by atoms with E-state index in [-0.39, 0.29) is 41.8 Å². The van der Waals surface area contributed by atoms with Gasteiger partial charge in [0.25, 0.3) is 5.91 Å². The lowest BCUT2D eigenvalue weighted by molar-refractivity contribution is -0.930. The van der Waals surface area contributed by atoms with E-state index < -0.39 is 0 Å². The molecule has 5 rings (SSSR count). The van der Waals surface area contributed by atoms with E-state index in [1.165, 1.54) is 37.1 Å². The molecular weight excluding hydrogens is 444 g/mol. The summed E-state index contributed by atoms with van der Waals surface area (Å²) >= 11 is 0. The fraction of sp³-hybridized carbons (Fsp3) is 0.885. The molecule has 5 fully saturated rings. The van der Waals surface area contributed by atoms with Crippen LogP contribution in [0.25, 0.3) is 0 Å².